The topological polar surface area (TPSA) is 56.7 Å². The molecule has 0 fully saturated rings. The van der Waals surface area contributed by atoms with Crippen molar-refractivity contribution in [3.8, 4) is 11.5 Å². The summed E-state index contributed by atoms with van der Waals surface area (Å²) >= 11 is 0. The number of imidazole rings is 1. The van der Waals surface area contributed by atoms with E-state index in [2.05, 4.69) is 9.97 Å². The minimum atomic E-state index is -0.281. The Morgan fingerprint density at radius 2 is 2.10 bits per heavy atom. The zero-order chi connectivity index (χ0) is 14.1. The second-order valence-corrected chi connectivity index (χ2v) is 4.57. The first kappa shape index (κ1) is 12.7. The molecule has 3 aromatic rings. The maximum atomic E-state index is 13.3. The van der Waals surface area contributed by atoms with Crippen molar-refractivity contribution in [3.05, 3.63) is 47.9 Å². The van der Waals surface area contributed by atoms with Crippen molar-refractivity contribution in [1.29, 1.82) is 0 Å². The maximum Gasteiger partial charge on any atom is 0.159 e. The number of rotatable bonds is 3. The number of hydrogen-bond acceptors (Lipinski definition) is 3. The highest BCUT2D eigenvalue weighted by Gasteiger charge is 2.12. The molecule has 5 heteroatoms. The zero-order valence-corrected chi connectivity index (χ0v) is 11.2. The third-order valence-electron chi connectivity index (χ3n) is 3.32. The van der Waals surface area contributed by atoms with E-state index in [0.29, 0.717) is 12.1 Å². The molecule has 4 nitrogen and oxygen atoms in total. The molecular formula is C15H15FN4. The predicted molar refractivity (Wildman–Crippen MR) is 76.5 cm³/mol. The number of hydrogen-bond donors (Lipinski definition) is 1. The molecule has 0 aliphatic rings. The lowest BCUT2D eigenvalue weighted by Gasteiger charge is -2.05. The van der Waals surface area contributed by atoms with Crippen LogP contribution < -0.4 is 5.73 Å². The summed E-state index contributed by atoms with van der Waals surface area (Å²) in [5, 5.41) is 0. The molecule has 20 heavy (non-hydrogen) atoms. The van der Waals surface area contributed by atoms with E-state index in [9.17, 15) is 4.39 Å². The molecule has 0 aliphatic carbocycles. The van der Waals surface area contributed by atoms with Crippen LogP contribution in [0.3, 0.4) is 0 Å². The second kappa shape index (κ2) is 5.02. The Morgan fingerprint density at radius 3 is 2.75 bits per heavy atom. The molecule has 102 valence electrons. The number of pyridine rings is 1. The van der Waals surface area contributed by atoms with E-state index in [4.69, 9.17) is 5.73 Å². The van der Waals surface area contributed by atoms with Crippen LogP contribution in [0.2, 0.25) is 0 Å². The summed E-state index contributed by atoms with van der Waals surface area (Å²) in [5.41, 5.74) is 8.86. The van der Waals surface area contributed by atoms with Crippen LogP contribution in [0, 0.1) is 5.82 Å². The molecule has 2 aromatic heterocycles. The number of aryl methyl sites for hydroxylation is 1. The highest BCUT2D eigenvalue weighted by molar-refractivity contribution is 5.80. The van der Waals surface area contributed by atoms with Gasteiger partial charge in [-0.15, -0.1) is 0 Å². The first-order chi connectivity index (χ1) is 9.72. The summed E-state index contributed by atoms with van der Waals surface area (Å²) in [6.45, 7) is 3.24. The van der Waals surface area contributed by atoms with Crippen molar-refractivity contribution >= 4 is 11.0 Å². The normalized spacial score (nSPS) is 11.2. The van der Waals surface area contributed by atoms with E-state index in [0.717, 1.165) is 29.1 Å². The molecule has 2 heterocycles. The first-order valence-electron chi connectivity index (χ1n) is 6.54. The quantitative estimate of drug-likeness (QED) is 0.796. The maximum absolute atomic E-state index is 13.3. The van der Waals surface area contributed by atoms with Gasteiger partial charge in [-0.2, -0.15) is 0 Å². The number of aromatic nitrogens is 3. The van der Waals surface area contributed by atoms with Crippen LogP contribution >= 0.6 is 0 Å². The fourth-order valence-corrected chi connectivity index (χ4v) is 2.30. The van der Waals surface area contributed by atoms with Crippen LogP contribution in [0.15, 0.2) is 36.5 Å². The minimum absolute atomic E-state index is 0.281. The minimum Gasteiger partial charge on any atom is -0.326 e. The molecule has 0 radical (unpaired) electrons. The van der Waals surface area contributed by atoms with Gasteiger partial charge in [0.1, 0.15) is 11.5 Å². The van der Waals surface area contributed by atoms with Gasteiger partial charge in [0.25, 0.3) is 0 Å². The predicted octanol–water partition coefficient (Wildman–Crippen LogP) is 2.72. The van der Waals surface area contributed by atoms with Gasteiger partial charge in [0, 0.05) is 25.4 Å². The van der Waals surface area contributed by atoms with Crippen molar-refractivity contribution in [3.63, 3.8) is 0 Å². The van der Waals surface area contributed by atoms with Gasteiger partial charge < -0.3 is 10.3 Å². The summed E-state index contributed by atoms with van der Waals surface area (Å²) in [7, 11) is 0. The van der Waals surface area contributed by atoms with E-state index in [1.165, 1.54) is 12.1 Å². The fourth-order valence-electron chi connectivity index (χ4n) is 2.30. The molecule has 0 atom stereocenters. The van der Waals surface area contributed by atoms with Gasteiger partial charge >= 0.3 is 0 Å². The average molecular weight is 270 g/mol. The SMILES string of the molecule is CCn1c(-c2ccc(CN)cn2)nc2cc(F)ccc21. The second-order valence-electron chi connectivity index (χ2n) is 4.57. The molecule has 0 bridgehead atoms. The van der Waals surface area contributed by atoms with Crippen molar-refractivity contribution in [2.24, 2.45) is 5.73 Å². The largest absolute Gasteiger partial charge is 0.326 e. The van der Waals surface area contributed by atoms with Gasteiger partial charge in [0.15, 0.2) is 5.82 Å². The van der Waals surface area contributed by atoms with Crippen LogP contribution in [0.1, 0.15) is 12.5 Å². The summed E-state index contributed by atoms with van der Waals surface area (Å²) in [6.07, 6.45) is 1.75. The van der Waals surface area contributed by atoms with E-state index < -0.39 is 0 Å². The van der Waals surface area contributed by atoms with Gasteiger partial charge in [-0.3, -0.25) is 4.98 Å². The van der Waals surface area contributed by atoms with E-state index >= 15 is 0 Å². The number of halogens is 1. The Hall–Kier alpha value is -2.27. The van der Waals surface area contributed by atoms with Crippen LogP contribution in [0.5, 0.6) is 0 Å². The lowest BCUT2D eigenvalue weighted by atomic mass is 10.2. The number of nitrogens with zero attached hydrogens (tertiary/aromatic N) is 3. The summed E-state index contributed by atoms with van der Waals surface area (Å²) in [5.74, 6) is 0.466. The fraction of sp³-hybridized carbons (Fsp3) is 0.200. The van der Waals surface area contributed by atoms with Gasteiger partial charge in [0.05, 0.1) is 11.0 Å². The molecule has 0 unspecified atom stereocenters. The lowest BCUT2D eigenvalue weighted by molar-refractivity contribution is 0.629. The number of benzene rings is 1. The van der Waals surface area contributed by atoms with Crippen LogP contribution in [-0.4, -0.2) is 14.5 Å². The molecular weight excluding hydrogens is 255 g/mol. The summed E-state index contributed by atoms with van der Waals surface area (Å²) in [6, 6.07) is 8.47. The average Bonchev–Trinajstić information content (AvgIpc) is 2.84. The zero-order valence-electron chi connectivity index (χ0n) is 11.2. The van der Waals surface area contributed by atoms with Gasteiger partial charge in [0.2, 0.25) is 0 Å². The Bertz CT molecular complexity index is 746. The van der Waals surface area contributed by atoms with Crippen molar-refractivity contribution in [2.45, 2.75) is 20.0 Å². The molecule has 0 amide bonds. The Kier molecular flexibility index (Phi) is 3.20. The molecule has 0 saturated heterocycles. The molecule has 2 N–H and O–H groups in total. The van der Waals surface area contributed by atoms with E-state index in [1.54, 1.807) is 12.3 Å². The summed E-state index contributed by atoms with van der Waals surface area (Å²) < 4.78 is 15.3. The Morgan fingerprint density at radius 1 is 1.25 bits per heavy atom. The summed E-state index contributed by atoms with van der Waals surface area (Å²) in [4.78, 5) is 8.89. The van der Waals surface area contributed by atoms with Crippen molar-refractivity contribution in [2.75, 3.05) is 0 Å². The molecule has 0 saturated carbocycles. The van der Waals surface area contributed by atoms with Crippen LogP contribution in [0.4, 0.5) is 4.39 Å². The monoisotopic (exact) mass is 270 g/mol. The Labute approximate surface area is 116 Å². The lowest BCUT2D eigenvalue weighted by Crippen LogP contribution is -2.01. The molecule has 1 aromatic carbocycles. The third kappa shape index (κ3) is 2.06. The molecule has 0 spiro atoms. The smallest absolute Gasteiger partial charge is 0.159 e. The van der Waals surface area contributed by atoms with Crippen LogP contribution in [0.25, 0.3) is 22.6 Å². The standard InChI is InChI=1S/C15H15FN4/c1-2-20-14-6-4-11(16)7-13(14)19-15(20)12-5-3-10(8-17)9-18-12/h3-7,9H,2,8,17H2,1H3. The van der Waals surface area contributed by atoms with Crippen LogP contribution in [-0.2, 0) is 13.1 Å². The third-order valence-corrected chi connectivity index (χ3v) is 3.32. The van der Waals surface area contributed by atoms with Crippen molar-refractivity contribution in [1.82, 2.24) is 14.5 Å². The van der Waals surface area contributed by atoms with Gasteiger partial charge in [-0.05, 0) is 30.7 Å². The van der Waals surface area contributed by atoms with E-state index in [1.807, 2.05) is 23.6 Å². The first-order valence-corrected chi connectivity index (χ1v) is 6.54. The Balaban J connectivity index is 2.18. The van der Waals surface area contributed by atoms with Gasteiger partial charge in [-0.25, -0.2) is 9.37 Å². The highest BCUT2D eigenvalue weighted by atomic mass is 19.1. The number of nitrogens with two attached hydrogens (primary N) is 1. The van der Waals surface area contributed by atoms with Gasteiger partial charge in [-0.1, -0.05) is 6.07 Å². The van der Waals surface area contributed by atoms with E-state index in [-0.39, 0.29) is 5.82 Å². The molecule has 3 rings (SSSR count). The van der Waals surface area contributed by atoms with Crippen molar-refractivity contribution < 1.29 is 4.39 Å². The highest BCUT2D eigenvalue weighted by Crippen LogP contribution is 2.24. The molecule has 0 aliphatic heterocycles. The number of fused-ring (bicyclic) bond motifs is 1.